The van der Waals surface area contributed by atoms with Crippen molar-refractivity contribution >= 4 is 17.2 Å². The van der Waals surface area contributed by atoms with Crippen molar-refractivity contribution < 1.29 is 0 Å². The molecule has 0 amide bonds. The molecule has 0 fully saturated rings. The third-order valence-electron chi connectivity index (χ3n) is 2.00. The van der Waals surface area contributed by atoms with Crippen molar-refractivity contribution in [2.24, 2.45) is 0 Å². The first-order valence-electron chi connectivity index (χ1n) is 4.02. The van der Waals surface area contributed by atoms with Crippen LogP contribution in [0.2, 0.25) is 5.02 Å². The van der Waals surface area contributed by atoms with Crippen molar-refractivity contribution in [3.63, 3.8) is 0 Å². The van der Waals surface area contributed by atoms with E-state index in [2.05, 4.69) is 17.5 Å². The quantitative estimate of drug-likeness (QED) is 0.698. The van der Waals surface area contributed by atoms with E-state index < -0.39 is 0 Å². The zero-order valence-corrected chi connectivity index (χ0v) is 7.43. The monoisotopic (exact) mass is 179 g/mol. The summed E-state index contributed by atoms with van der Waals surface area (Å²) in [6, 6.07) is 7.97. The summed E-state index contributed by atoms with van der Waals surface area (Å²) in [5.41, 5.74) is 2.57. The molecule has 0 bridgehead atoms. The summed E-state index contributed by atoms with van der Waals surface area (Å²) in [7, 11) is 0. The number of nitrogens with one attached hydrogen (secondary N) is 1. The lowest BCUT2D eigenvalue weighted by molar-refractivity contribution is 0.897. The molecule has 1 aromatic rings. The van der Waals surface area contributed by atoms with Gasteiger partial charge in [-0.1, -0.05) is 29.8 Å². The van der Waals surface area contributed by atoms with Crippen LogP contribution in [0.25, 0.3) is 5.57 Å². The number of benzene rings is 1. The van der Waals surface area contributed by atoms with E-state index >= 15 is 0 Å². The smallest absolute Gasteiger partial charge is 0.0412 e. The van der Waals surface area contributed by atoms with Gasteiger partial charge in [0, 0.05) is 18.1 Å². The zero-order chi connectivity index (χ0) is 8.39. The van der Waals surface area contributed by atoms with E-state index in [-0.39, 0.29) is 0 Å². The molecule has 0 aliphatic carbocycles. The molecule has 0 spiro atoms. The molecule has 1 nitrogen and oxygen atoms in total. The lowest BCUT2D eigenvalue weighted by Crippen LogP contribution is -2.07. The average Bonchev–Trinajstić information content (AvgIpc) is 2.56. The van der Waals surface area contributed by atoms with Crippen LogP contribution in [0.15, 0.2) is 30.3 Å². The Balaban J connectivity index is 2.33. The maximum Gasteiger partial charge on any atom is 0.0412 e. The standard InChI is InChI=1S/C10H10ClN/c11-10-3-1-2-8(6-10)9-4-5-12-7-9/h1-4,6,12H,5,7H2. The fourth-order valence-corrected chi connectivity index (χ4v) is 1.57. The predicted molar refractivity (Wildman–Crippen MR) is 52.3 cm³/mol. The maximum absolute atomic E-state index is 5.88. The minimum absolute atomic E-state index is 0.806. The molecule has 62 valence electrons. The summed E-state index contributed by atoms with van der Waals surface area (Å²) in [5, 5.41) is 4.06. The highest BCUT2D eigenvalue weighted by molar-refractivity contribution is 6.30. The Labute approximate surface area is 77.0 Å². The van der Waals surface area contributed by atoms with Crippen molar-refractivity contribution in [2.45, 2.75) is 0 Å². The summed E-state index contributed by atoms with van der Waals surface area (Å²) < 4.78 is 0. The second kappa shape index (κ2) is 3.30. The highest BCUT2D eigenvalue weighted by Crippen LogP contribution is 2.19. The lowest BCUT2D eigenvalue weighted by Gasteiger charge is -2.01. The van der Waals surface area contributed by atoms with Crippen molar-refractivity contribution in [3.8, 4) is 0 Å². The van der Waals surface area contributed by atoms with Gasteiger partial charge >= 0.3 is 0 Å². The fraction of sp³-hybridized carbons (Fsp3) is 0.200. The molecule has 1 aliphatic rings. The van der Waals surface area contributed by atoms with Crippen molar-refractivity contribution in [1.82, 2.24) is 5.32 Å². The highest BCUT2D eigenvalue weighted by Gasteiger charge is 2.05. The summed E-state index contributed by atoms with van der Waals surface area (Å²) in [6.45, 7) is 1.93. The van der Waals surface area contributed by atoms with Gasteiger partial charge in [-0.05, 0) is 23.3 Å². The first-order chi connectivity index (χ1) is 5.86. The van der Waals surface area contributed by atoms with Gasteiger partial charge in [0.15, 0.2) is 0 Å². The molecule has 2 rings (SSSR count). The molecular formula is C10H10ClN. The SMILES string of the molecule is Clc1cccc(C2=CCNC2)c1. The fourth-order valence-electron chi connectivity index (χ4n) is 1.38. The van der Waals surface area contributed by atoms with Crippen LogP contribution in [0.5, 0.6) is 0 Å². The van der Waals surface area contributed by atoms with Gasteiger partial charge in [0.05, 0.1) is 0 Å². The lowest BCUT2D eigenvalue weighted by atomic mass is 10.1. The van der Waals surface area contributed by atoms with Crippen LogP contribution in [0, 0.1) is 0 Å². The third-order valence-corrected chi connectivity index (χ3v) is 2.24. The molecule has 12 heavy (non-hydrogen) atoms. The largest absolute Gasteiger partial charge is 0.309 e. The van der Waals surface area contributed by atoms with Crippen LogP contribution >= 0.6 is 11.6 Å². The molecule has 0 saturated heterocycles. The van der Waals surface area contributed by atoms with Crippen molar-refractivity contribution in [3.05, 3.63) is 40.9 Å². The second-order valence-corrected chi connectivity index (χ2v) is 3.31. The molecule has 0 radical (unpaired) electrons. The van der Waals surface area contributed by atoms with Gasteiger partial charge in [0.25, 0.3) is 0 Å². The summed E-state index contributed by atoms with van der Waals surface area (Å²) in [4.78, 5) is 0. The number of halogens is 1. The van der Waals surface area contributed by atoms with Gasteiger partial charge in [-0.3, -0.25) is 0 Å². The van der Waals surface area contributed by atoms with Crippen LogP contribution in [0.1, 0.15) is 5.56 Å². The van der Waals surface area contributed by atoms with Gasteiger partial charge in [0.1, 0.15) is 0 Å². The Kier molecular flexibility index (Phi) is 2.15. The van der Waals surface area contributed by atoms with E-state index in [1.807, 2.05) is 18.2 Å². The van der Waals surface area contributed by atoms with Gasteiger partial charge in [0.2, 0.25) is 0 Å². The van der Waals surface area contributed by atoms with E-state index in [0.29, 0.717) is 0 Å². The van der Waals surface area contributed by atoms with Crippen molar-refractivity contribution in [1.29, 1.82) is 0 Å². The normalized spacial score (nSPS) is 16.2. The summed E-state index contributed by atoms with van der Waals surface area (Å²) in [6.07, 6.45) is 2.20. The maximum atomic E-state index is 5.88. The van der Waals surface area contributed by atoms with E-state index in [9.17, 15) is 0 Å². The molecule has 1 heterocycles. The van der Waals surface area contributed by atoms with E-state index in [1.54, 1.807) is 0 Å². The molecular weight excluding hydrogens is 170 g/mol. The molecule has 0 aromatic heterocycles. The molecule has 0 unspecified atom stereocenters. The van der Waals surface area contributed by atoms with Crippen LogP contribution in [0.3, 0.4) is 0 Å². The second-order valence-electron chi connectivity index (χ2n) is 2.87. The Morgan fingerprint density at radius 2 is 2.25 bits per heavy atom. The molecule has 1 aliphatic heterocycles. The van der Waals surface area contributed by atoms with Gasteiger partial charge in [-0.2, -0.15) is 0 Å². The van der Waals surface area contributed by atoms with Crippen LogP contribution in [-0.2, 0) is 0 Å². The first-order valence-corrected chi connectivity index (χ1v) is 4.40. The van der Waals surface area contributed by atoms with Crippen LogP contribution < -0.4 is 5.32 Å². The zero-order valence-electron chi connectivity index (χ0n) is 6.68. The molecule has 1 aromatic carbocycles. The predicted octanol–water partition coefficient (Wildman–Crippen LogP) is 2.33. The van der Waals surface area contributed by atoms with Crippen LogP contribution in [0.4, 0.5) is 0 Å². The van der Waals surface area contributed by atoms with E-state index in [1.165, 1.54) is 11.1 Å². The Morgan fingerprint density at radius 1 is 1.33 bits per heavy atom. The van der Waals surface area contributed by atoms with Gasteiger partial charge < -0.3 is 5.32 Å². The van der Waals surface area contributed by atoms with Crippen molar-refractivity contribution in [2.75, 3.05) is 13.1 Å². The number of hydrogen-bond donors (Lipinski definition) is 1. The van der Waals surface area contributed by atoms with Crippen LogP contribution in [-0.4, -0.2) is 13.1 Å². The summed E-state index contributed by atoms with van der Waals surface area (Å²) >= 11 is 5.88. The average molecular weight is 180 g/mol. The minimum atomic E-state index is 0.806. The number of rotatable bonds is 1. The third kappa shape index (κ3) is 1.52. The first kappa shape index (κ1) is 7.84. The topological polar surface area (TPSA) is 12.0 Å². The Morgan fingerprint density at radius 3 is 2.92 bits per heavy atom. The Bertz CT molecular complexity index is 317. The molecule has 0 saturated carbocycles. The van der Waals surface area contributed by atoms with E-state index in [0.717, 1.165) is 18.1 Å². The molecule has 2 heteroatoms. The highest BCUT2D eigenvalue weighted by atomic mass is 35.5. The van der Waals surface area contributed by atoms with Gasteiger partial charge in [-0.25, -0.2) is 0 Å². The summed E-state index contributed by atoms with van der Waals surface area (Å²) in [5.74, 6) is 0. The number of hydrogen-bond acceptors (Lipinski definition) is 1. The molecule has 0 atom stereocenters. The molecule has 1 N–H and O–H groups in total. The minimum Gasteiger partial charge on any atom is -0.309 e. The van der Waals surface area contributed by atoms with E-state index in [4.69, 9.17) is 11.6 Å². The van der Waals surface area contributed by atoms with Gasteiger partial charge in [-0.15, -0.1) is 0 Å². The Hall–Kier alpha value is -0.790.